The first kappa shape index (κ1) is 32.8. The fourth-order valence-corrected chi connectivity index (χ4v) is 5.13. The molecule has 3 unspecified atom stereocenters. The minimum atomic E-state index is -6.06. The first-order chi connectivity index (χ1) is 20.5. The van der Waals surface area contributed by atoms with Crippen molar-refractivity contribution in [3.05, 3.63) is 95.1 Å². The molecule has 4 N–H and O–H groups in total. The SMILES string of the molecule is CC(C(=O)N1CC(Oc2ccc(CC(N)C(=O)O)cc2)CCc2cc(C(O)(C(F)(F)F)C(F)(F)F)ccc21)c1ccccc1. The molecule has 0 saturated carbocycles. The van der Waals surface area contributed by atoms with Gasteiger partial charge in [0.15, 0.2) is 0 Å². The van der Waals surface area contributed by atoms with Crippen LogP contribution in [0.1, 0.15) is 41.5 Å². The number of rotatable bonds is 8. The normalized spacial score (nSPS) is 17.3. The zero-order valence-electron chi connectivity index (χ0n) is 23.4. The minimum Gasteiger partial charge on any atom is -0.489 e. The lowest BCUT2D eigenvalue weighted by Gasteiger charge is -2.34. The van der Waals surface area contributed by atoms with Crippen molar-refractivity contribution in [2.75, 3.05) is 11.4 Å². The first-order valence-corrected chi connectivity index (χ1v) is 13.6. The van der Waals surface area contributed by atoms with E-state index < -0.39 is 53.5 Å². The molecule has 1 aliphatic rings. The van der Waals surface area contributed by atoms with E-state index in [0.29, 0.717) is 29.0 Å². The molecule has 4 rings (SSSR count). The number of aliphatic hydroxyl groups is 1. The van der Waals surface area contributed by atoms with Crippen LogP contribution < -0.4 is 15.4 Å². The molecule has 0 spiro atoms. The van der Waals surface area contributed by atoms with Gasteiger partial charge in [-0.3, -0.25) is 9.59 Å². The van der Waals surface area contributed by atoms with E-state index in [0.717, 1.165) is 6.07 Å². The number of nitrogens with zero attached hydrogens (tertiary/aromatic N) is 1. The van der Waals surface area contributed by atoms with Crippen molar-refractivity contribution in [3.63, 3.8) is 0 Å². The van der Waals surface area contributed by atoms with Gasteiger partial charge in [0.1, 0.15) is 17.9 Å². The number of aliphatic carboxylic acids is 1. The number of aryl methyl sites for hydroxylation is 1. The predicted octanol–water partition coefficient (Wildman–Crippen LogP) is 5.48. The Balaban J connectivity index is 1.69. The lowest BCUT2D eigenvalue weighted by Crippen LogP contribution is -2.54. The van der Waals surface area contributed by atoms with Crippen LogP contribution in [0.15, 0.2) is 72.8 Å². The summed E-state index contributed by atoms with van der Waals surface area (Å²) < 4.78 is 88.0. The number of carboxylic acid groups (broad SMARTS) is 1. The van der Waals surface area contributed by atoms with Gasteiger partial charge >= 0.3 is 18.3 Å². The summed E-state index contributed by atoms with van der Waals surface area (Å²) in [7, 11) is 0. The fraction of sp³-hybridized carbons (Fsp3) is 0.355. The number of amides is 1. The Labute approximate surface area is 248 Å². The number of carbonyl (C=O) groups is 2. The molecule has 13 heteroatoms. The number of nitrogens with two attached hydrogens (primary N) is 1. The van der Waals surface area contributed by atoms with Gasteiger partial charge in [-0.1, -0.05) is 54.6 Å². The molecule has 0 aliphatic carbocycles. The van der Waals surface area contributed by atoms with Gasteiger partial charge in [-0.05, 0) is 61.1 Å². The maximum absolute atomic E-state index is 13.8. The van der Waals surface area contributed by atoms with Crippen LogP contribution in [0.4, 0.5) is 32.0 Å². The average molecular weight is 625 g/mol. The Kier molecular flexibility index (Phi) is 9.31. The maximum Gasteiger partial charge on any atom is 0.430 e. The van der Waals surface area contributed by atoms with Crippen LogP contribution in [0.2, 0.25) is 0 Å². The summed E-state index contributed by atoms with van der Waals surface area (Å²) in [5.41, 5.74) is 0.449. The molecular formula is C31H30F6N2O5. The van der Waals surface area contributed by atoms with E-state index in [1.807, 2.05) is 0 Å². The Hall–Kier alpha value is -4.10. The van der Waals surface area contributed by atoms with Gasteiger partial charge in [0.2, 0.25) is 5.91 Å². The highest BCUT2D eigenvalue weighted by molar-refractivity contribution is 5.98. The van der Waals surface area contributed by atoms with Gasteiger partial charge in [-0.25, -0.2) is 0 Å². The molecule has 0 bridgehead atoms. The highest BCUT2D eigenvalue weighted by Crippen LogP contribution is 2.51. The number of anilines is 1. The summed E-state index contributed by atoms with van der Waals surface area (Å²) in [5.74, 6) is -1.99. The number of halogens is 6. The minimum absolute atomic E-state index is 0.00661. The molecule has 44 heavy (non-hydrogen) atoms. The van der Waals surface area contributed by atoms with E-state index in [1.165, 1.54) is 4.90 Å². The number of hydrogen-bond acceptors (Lipinski definition) is 5. The number of alkyl halides is 6. The smallest absolute Gasteiger partial charge is 0.430 e. The third kappa shape index (κ3) is 6.68. The largest absolute Gasteiger partial charge is 0.489 e. The standard InChI is InChI=1S/C31H30F6N2O5/c1-18(20-5-3-2-4-6-20)27(40)39-17-24(44-23-11-7-19(8-12-23)15-25(38)28(41)42)13-9-21-16-22(10-14-26(21)39)29(43,30(32,33)34)31(35,36)37/h2-8,10-12,14,16,18,24-25,43H,9,13,15,17,38H2,1H3,(H,41,42). The van der Waals surface area contributed by atoms with E-state index in [-0.39, 0.29) is 37.1 Å². The molecule has 0 fully saturated rings. The van der Waals surface area contributed by atoms with E-state index in [1.54, 1.807) is 61.5 Å². The van der Waals surface area contributed by atoms with Crippen LogP contribution in [-0.2, 0) is 28.0 Å². The number of ether oxygens (including phenoxy) is 1. The van der Waals surface area contributed by atoms with Crippen LogP contribution >= 0.6 is 0 Å². The first-order valence-electron chi connectivity index (χ1n) is 13.6. The quantitative estimate of drug-likeness (QED) is 0.286. The van der Waals surface area contributed by atoms with Crippen LogP contribution in [0.5, 0.6) is 5.75 Å². The molecule has 236 valence electrons. The summed E-state index contributed by atoms with van der Waals surface area (Å²) in [6, 6.07) is 16.1. The van der Waals surface area contributed by atoms with E-state index in [2.05, 4.69) is 0 Å². The Morgan fingerprint density at radius 2 is 1.59 bits per heavy atom. The Bertz CT molecular complexity index is 1460. The summed E-state index contributed by atoms with van der Waals surface area (Å²) >= 11 is 0. The molecule has 3 aromatic rings. The molecule has 7 nitrogen and oxygen atoms in total. The van der Waals surface area contributed by atoms with Crippen molar-refractivity contribution in [2.45, 2.75) is 62.2 Å². The lowest BCUT2D eigenvalue weighted by atomic mass is 9.89. The monoisotopic (exact) mass is 624 g/mol. The van der Waals surface area contributed by atoms with Crippen LogP contribution in [0.3, 0.4) is 0 Å². The number of carbonyl (C=O) groups excluding carboxylic acids is 1. The van der Waals surface area contributed by atoms with Crippen molar-refractivity contribution in [1.29, 1.82) is 0 Å². The summed E-state index contributed by atoms with van der Waals surface area (Å²) in [4.78, 5) is 26.2. The number of benzene rings is 3. The van der Waals surface area contributed by atoms with Crippen molar-refractivity contribution < 1.29 is 50.9 Å². The predicted molar refractivity (Wildman–Crippen MR) is 148 cm³/mol. The lowest BCUT2D eigenvalue weighted by molar-refractivity contribution is -0.376. The second kappa shape index (κ2) is 12.5. The van der Waals surface area contributed by atoms with Crippen molar-refractivity contribution in [1.82, 2.24) is 0 Å². The third-order valence-electron chi connectivity index (χ3n) is 7.67. The zero-order valence-corrected chi connectivity index (χ0v) is 23.4. The molecule has 0 radical (unpaired) electrons. The van der Waals surface area contributed by atoms with Crippen LogP contribution in [0, 0.1) is 0 Å². The molecule has 1 amide bonds. The number of hydrogen-bond donors (Lipinski definition) is 3. The molecule has 3 atom stereocenters. The Morgan fingerprint density at radius 3 is 2.16 bits per heavy atom. The zero-order chi connectivity index (χ0) is 32.4. The molecule has 1 heterocycles. The van der Waals surface area contributed by atoms with E-state index in [9.17, 15) is 41.0 Å². The van der Waals surface area contributed by atoms with E-state index in [4.69, 9.17) is 15.6 Å². The van der Waals surface area contributed by atoms with Crippen LogP contribution in [0.25, 0.3) is 0 Å². The summed E-state index contributed by atoms with van der Waals surface area (Å²) in [6.07, 6.45) is -12.7. The summed E-state index contributed by atoms with van der Waals surface area (Å²) in [5, 5.41) is 19.0. The highest BCUT2D eigenvalue weighted by atomic mass is 19.4. The Morgan fingerprint density at radius 1 is 0.977 bits per heavy atom. The topological polar surface area (TPSA) is 113 Å². The third-order valence-corrected chi connectivity index (χ3v) is 7.67. The van der Waals surface area contributed by atoms with Gasteiger partial charge in [0.05, 0.1) is 12.5 Å². The van der Waals surface area contributed by atoms with Crippen molar-refractivity contribution in [2.24, 2.45) is 5.73 Å². The molecule has 0 aromatic heterocycles. The second-order valence-electron chi connectivity index (χ2n) is 10.7. The fourth-order valence-electron chi connectivity index (χ4n) is 5.13. The molecular weight excluding hydrogens is 594 g/mol. The van der Waals surface area contributed by atoms with Gasteiger partial charge in [-0.2, -0.15) is 26.3 Å². The average Bonchev–Trinajstić information content (AvgIpc) is 3.15. The van der Waals surface area contributed by atoms with Crippen molar-refractivity contribution in [3.8, 4) is 5.75 Å². The molecule has 3 aromatic carbocycles. The van der Waals surface area contributed by atoms with E-state index >= 15 is 0 Å². The van der Waals surface area contributed by atoms with Gasteiger partial charge < -0.3 is 25.6 Å². The summed E-state index contributed by atoms with van der Waals surface area (Å²) in [6.45, 7) is 1.57. The molecule has 1 aliphatic heterocycles. The highest BCUT2D eigenvalue weighted by Gasteiger charge is 2.71. The van der Waals surface area contributed by atoms with Gasteiger partial charge in [0.25, 0.3) is 5.60 Å². The van der Waals surface area contributed by atoms with Crippen LogP contribution in [-0.4, -0.2) is 53.1 Å². The van der Waals surface area contributed by atoms with Gasteiger partial charge in [-0.15, -0.1) is 0 Å². The molecule has 0 saturated heterocycles. The number of carboxylic acids is 1. The maximum atomic E-state index is 13.8. The van der Waals surface area contributed by atoms with Gasteiger partial charge in [0, 0.05) is 11.3 Å². The number of fused-ring (bicyclic) bond motifs is 1. The second-order valence-corrected chi connectivity index (χ2v) is 10.7. The van der Waals surface area contributed by atoms with Crippen molar-refractivity contribution >= 4 is 17.6 Å².